The van der Waals surface area contributed by atoms with Gasteiger partial charge in [0.2, 0.25) is 0 Å². The Hall–Kier alpha value is -1.20. The zero-order valence-electron chi connectivity index (χ0n) is 9.93. The van der Waals surface area contributed by atoms with Gasteiger partial charge < -0.3 is 10.2 Å². The van der Waals surface area contributed by atoms with E-state index in [0.717, 1.165) is 32.0 Å². The zero-order valence-corrected chi connectivity index (χ0v) is 9.93. The molecule has 0 aromatic carbocycles. The number of piperazine rings is 1. The minimum absolute atomic E-state index is 0.542. The van der Waals surface area contributed by atoms with Gasteiger partial charge in [0.25, 0.3) is 0 Å². The Kier molecular flexibility index (Phi) is 3.69. The molecule has 0 saturated carbocycles. The van der Waals surface area contributed by atoms with Gasteiger partial charge in [0, 0.05) is 44.6 Å². The summed E-state index contributed by atoms with van der Waals surface area (Å²) in [5.41, 5.74) is 0. The van der Waals surface area contributed by atoms with Gasteiger partial charge in [-0.3, -0.25) is 9.88 Å². The number of likely N-dealkylation sites (N-methyl/N-ethyl adjacent to an activating group) is 2. The largest absolute Gasteiger partial charge is 0.367 e. The monoisotopic (exact) mass is 221 g/mol. The van der Waals surface area contributed by atoms with Crippen molar-refractivity contribution in [2.24, 2.45) is 0 Å². The molecule has 1 saturated heterocycles. The SMILES string of the molecule is CN1CCN(C)C(CNc2cnccn2)C1. The van der Waals surface area contributed by atoms with Crippen molar-refractivity contribution in [1.29, 1.82) is 0 Å². The molecule has 0 amide bonds. The van der Waals surface area contributed by atoms with Crippen LogP contribution >= 0.6 is 0 Å². The van der Waals surface area contributed by atoms with Crippen molar-refractivity contribution in [2.75, 3.05) is 45.6 Å². The molecule has 1 aliphatic rings. The smallest absolute Gasteiger partial charge is 0.144 e. The Morgan fingerprint density at radius 1 is 1.38 bits per heavy atom. The molecule has 1 N–H and O–H groups in total. The first-order valence-electron chi connectivity index (χ1n) is 5.64. The van der Waals surface area contributed by atoms with E-state index >= 15 is 0 Å². The van der Waals surface area contributed by atoms with Crippen molar-refractivity contribution in [3.05, 3.63) is 18.6 Å². The fraction of sp³-hybridized carbons (Fsp3) is 0.636. The van der Waals surface area contributed by atoms with Crippen LogP contribution in [0.2, 0.25) is 0 Å². The molecule has 0 radical (unpaired) electrons. The summed E-state index contributed by atoms with van der Waals surface area (Å²) >= 11 is 0. The molecular weight excluding hydrogens is 202 g/mol. The molecule has 5 heteroatoms. The molecule has 1 unspecified atom stereocenters. The van der Waals surface area contributed by atoms with Crippen molar-refractivity contribution >= 4 is 5.82 Å². The molecule has 2 heterocycles. The highest BCUT2D eigenvalue weighted by Gasteiger charge is 2.21. The van der Waals surface area contributed by atoms with Crippen LogP contribution in [0.5, 0.6) is 0 Å². The van der Waals surface area contributed by atoms with Crippen LogP contribution in [0.1, 0.15) is 0 Å². The molecule has 0 spiro atoms. The van der Waals surface area contributed by atoms with Crippen LogP contribution in [0.25, 0.3) is 0 Å². The van der Waals surface area contributed by atoms with E-state index < -0.39 is 0 Å². The summed E-state index contributed by atoms with van der Waals surface area (Å²) in [5.74, 6) is 0.851. The van der Waals surface area contributed by atoms with Gasteiger partial charge in [0.15, 0.2) is 0 Å². The van der Waals surface area contributed by atoms with Gasteiger partial charge in [0.05, 0.1) is 6.20 Å². The highest BCUT2D eigenvalue weighted by Crippen LogP contribution is 2.07. The van der Waals surface area contributed by atoms with E-state index in [9.17, 15) is 0 Å². The Bertz CT molecular complexity index is 315. The summed E-state index contributed by atoms with van der Waals surface area (Å²) in [4.78, 5) is 13.0. The van der Waals surface area contributed by atoms with Crippen LogP contribution < -0.4 is 5.32 Å². The number of aromatic nitrogens is 2. The average molecular weight is 221 g/mol. The van der Waals surface area contributed by atoms with Crippen LogP contribution in [0.3, 0.4) is 0 Å². The quantitative estimate of drug-likeness (QED) is 0.786. The van der Waals surface area contributed by atoms with E-state index in [2.05, 4.69) is 39.2 Å². The van der Waals surface area contributed by atoms with Crippen molar-refractivity contribution in [3.8, 4) is 0 Å². The summed E-state index contributed by atoms with van der Waals surface area (Å²) in [7, 11) is 4.35. The van der Waals surface area contributed by atoms with E-state index in [0.29, 0.717) is 6.04 Å². The lowest BCUT2D eigenvalue weighted by Gasteiger charge is -2.37. The first-order chi connectivity index (χ1) is 7.75. The summed E-state index contributed by atoms with van der Waals surface area (Å²) < 4.78 is 0. The lowest BCUT2D eigenvalue weighted by atomic mass is 10.2. The summed E-state index contributed by atoms with van der Waals surface area (Å²) in [6.07, 6.45) is 5.15. The van der Waals surface area contributed by atoms with Crippen molar-refractivity contribution in [1.82, 2.24) is 19.8 Å². The Labute approximate surface area is 96.5 Å². The van der Waals surface area contributed by atoms with E-state index in [1.54, 1.807) is 18.6 Å². The second-order valence-electron chi connectivity index (χ2n) is 4.37. The molecule has 1 atom stereocenters. The number of hydrogen-bond donors (Lipinski definition) is 1. The molecule has 88 valence electrons. The van der Waals surface area contributed by atoms with Gasteiger partial charge >= 0.3 is 0 Å². The Balaban J connectivity index is 1.85. The van der Waals surface area contributed by atoms with E-state index in [1.807, 2.05) is 0 Å². The Morgan fingerprint density at radius 3 is 3.00 bits per heavy atom. The average Bonchev–Trinajstić information content (AvgIpc) is 2.32. The molecule has 1 aliphatic heterocycles. The van der Waals surface area contributed by atoms with Crippen molar-refractivity contribution < 1.29 is 0 Å². The normalized spacial score (nSPS) is 23.2. The molecule has 5 nitrogen and oxygen atoms in total. The molecule has 0 aliphatic carbocycles. The molecule has 1 fully saturated rings. The van der Waals surface area contributed by atoms with Crippen LogP contribution in [0, 0.1) is 0 Å². The minimum Gasteiger partial charge on any atom is -0.367 e. The van der Waals surface area contributed by atoms with E-state index in [1.165, 1.54) is 0 Å². The highest BCUT2D eigenvalue weighted by atomic mass is 15.3. The summed E-state index contributed by atoms with van der Waals surface area (Å²) in [6.45, 7) is 4.30. The first kappa shape index (κ1) is 11.3. The third-order valence-electron chi connectivity index (χ3n) is 3.06. The topological polar surface area (TPSA) is 44.3 Å². The fourth-order valence-corrected chi connectivity index (χ4v) is 1.93. The van der Waals surface area contributed by atoms with Gasteiger partial charge in [0.1, 0.15) is 5.82 Å². The van der Waals surface area contributed by atoms with Gasteiger partial charge in [-0.15, -0.1) is 0 Å². The predicted octanol–water partition coefficient (Wildman–Crippen LogP) is 0.134. The van der Waals surface area contributed by atoms with Crippen molar-refractivity contribution in [3.63, 3.8) is 0 Å². The lowest BCUT2D eigenvalue weighted by molar-refractivity contribution is 0.122. The second-order valence-corrected chi connectivity index (χ2v) is 4.37. The van der Waals surface area contributed by atoms with E-state index in [4.69, 9.17) is 0 Å². The molecule has 0 bridgehead atoms. The van der Waals surface area contributed by atoms with Crippen LogP contribution in [-0.4, -0.2) is 66.1 Å². The van der Waals surface area contributed by atoms with Gasteiger partial charge in [-0.05, 0) is 14.1 Å². The van der Waals surface area contributed by atoms with Crippen LogP contribution in [0.4, 0.5) is 5.82 Å². The standard InChI is InChI=1S/C11H19N5/c1-15-5-6-16(2)10(9-15)7-14-11-8-12-3-4-13-11/h3-4,8,10H,5-7,9H2,1-2H3,(H,13,14). The highest BCUT2D eigenvalue weighted by molar-refractivity contribution is 5.30. The molecule has 1 aromatic rings. The number of nitrogens with one attached hydrogen (secondary N) is 1. The lowest BCUT2D eigenvalue weighted by Crippen LogP contribution is -2.52. The zero-order chi connectivity index (χ0) is 11.4. The van der Waals surface area contributed by atoms with Crippen LogP contribution in [0.15, 0.2) is 18.6 Å². The number of anilines is 1. The number of hydrogen-bond acceptors (Lipinski definition) is 5. The summed E-state index contributed by atoms with van der Waals surface area (Å²) in [6, 6.07) is 0.542. The molecular formula is C11H19N5. The second kappa shape index (κ2) is 5.23. The third-order valence-corrected chi connectivity index (χ3v) is 3.06. The fourth-order valence-electron chi connectivity index (χ4n) is 1.93. The minimum atomic E-state index is 0.542. The maximum absolute atomic E-state index is 4.20. The van der Waals surface area contributed by atoms with Crippen molar-refractivity contribution in [2.45, 2.75) is 6.04 Å². The Morgan fingerprint density at radius 2 is 2.25 bits per heavy atom. The number of rotatable bonds is 3. The molecule has 1 aromatic heterocycles. The maximum atomic E-state index is 4.20. The third kappa shape index (κ3) is 2.90. The first-order valence-corrected chi connectivity index (χ1v) is 5.64. The van der Waals surface area contributed by atoms with Gasteiger partial charge in [-0.1, -0.05) is 0 Å². The molecule has 16 heavy (non-hydrogen) atoms. The maximum Gasteiger partial charge on any atom is 0.144 e. The summed E-state index contributed by atoms with van der Waals surface area (Å²) in [5, 5.41) is 3.32. The van der Waals surface area contributed by atoms with Gasteiger partial charge in [-0.2, -0.15) is 0 Å². The van der Waals surface area contributed by atoms with Gasteiger partial charge in [-0.25, -0.2) is 4.98 Å². The van der Waals surface area contributed by atoms with Crippen LogP contribution in [-0.2, 0) is 0 Å². The molecule has 2 rings (SSSR count). The predicted molar refractivity (Wildman–Crippen MR) is 64.4 cm³/mol. The van der Waals surface area contributed by atoms with E-state index in [-0.39, 0.29) is 0 Å². The number of nitrogens with zero attached hydrogens (tertiary/aromatic N) is 4.